The van der Waals surface area contributed by atoms with Crippen LogP contribution in [-0.2, 0) is 0 Å². The maximum atomic E-state index is 13.5. The van der Waals surface area contributed by atoms with Gasteiger partial charge in [0, 0.05) is 28.3 Å². The van der Waals surface area contributed by atoms with Crippen molar-refractivity contribution in [2.45, 2.75) is 0 Å². The van der Waals surface area contributed by atoms with E-state index in [1.165, 1.54) is 12.1 Å². The molecular formula is C31H20FN7O. The summed E-state index contributed by atoms with van der Waals surface area (Å²) in [5.74, 6) is 0.0882. The number of anilines is 1. The Balaban J connectivity index is 1.25. The number of hydrogen-bond acceptors (Lipinski definition) is 5. The Hall–Kier alpha value is -5.70. The van der Waals surface area contributed by atoms with Crippen molar-refractivity contribution in [3.8, 4) is 33.9 Å². The lowest BCUT2D eigenvalue weighted by molar-refractivity contribution is 0.102. The normalized spacial score (nSPS) is 11.2. The topological polar surface area (TPSA) is 112 Å². The molecule has 1 amide bonds. The Morgan fingerprint density at radius 3 is 2.52 bits per heavy atom. The van der Waals surface area contributed by atoms with Gasteiger partial charge >= 0.3 is 0 Å². The molecule has 0 spiro atoms. The molecule has 7 rings (SSSR count). The lowest BCUT2D eigenvalue weighted by Gasteiger charge is -2.07. The molecule has 9 heteroatoms. The number of carbonyl (C=O) groups is 1. The van der Waals surface area contributed by atoms with Gasteiger partial charge in [-0.2, -0.15) is 5.10 Å². The van der Waals surface area contributed by atoms with Crippen molar-refractivity contribution >= 4 is 33.5 Å². The first kappa shape index (κ1) is 23.4. The van der Waals surface area contributed by atoms with Crippen LogP contribution in [0.15, 0.2) is 104 Å². The number of hydrogen-bond donors (Lipinski definition) is 3. The minimum absolute atomic E-state index is 0.218. The second-order valence-corrected chi connectivity index (χ2v) is 9.26. The van der Waals surface area contributed by atoms with Gasteiger partial charge in [0.05, 0.1) is 40.3 Å². The molecule has 7 aromatic rings. The first-order valence-corrected chi connectivity index (χ1v) is 12.5. The predicted molar refractivity (Wildman–Crippen MR) is 152 cm³/mol. The van der Waals surface area contributed by atoms with E-state index >= 15 is 0 Å². The fraction of sp³-hybridized carbons (Fsp3) is 0. The monoisotopic (exact) mass is 525 g/mol. The first-order chi connectivity index (χ1) is 19.6. The number of fused-ring (bicyclic) bond motifs is 2. The van der Waals surface area contributed by atoms with Crippen LogP contribution < -0.4 is 5.32 Å². The molecule has 0 fully saturated rings. The van der Waals surface area contributed by atoms with Crippen LogP contribution in [0.25, 0.3) is 55.8 Å². The fourth-order valence-electron chi connectivity index (χ4n) is 4.70. The number of nitrogens with one attached hydrogen (secondary N) is 3. The number of carbonyl (C=O) groups excluding carboxylic acids is 1. The molecule has 8 nitrogen and oxygen atoms in total. The van der Waals surface area contributed by atoms with Gasteiger partial charge < -0.3 is 10.3 Å². The number of H-pyrrole nitrogens is 2. The van der Waals surface area contributed by atoms with Gasteiger partial charge in [-0.3, -0.25) is 19.9 Å². The van der Waals surface area contributed by atoms with E-state index in [1.807, 2.05) is 48.5 Å². The lowest BCUT2D eigenvalue weighted by atomic mass is 10.0. The van der Waals surface area contributed by atoms with Crippen molar-refractivity contribution in [1.29, 1.82) is 0 Å². The van der Waals surface area contributed by atoms with Crippen LogP contribution in [0.4, 0.5) is 10.1 Å². The van der Waals surface area contributed by atoms with Crippen LogP contribution in [0, 0.1) is 5.82 Å². The minimum Gasteiger partial charge on any atom is -0.337 e. The highest BCUT2D eigenvalue weighted by atomic mass is 19.1. The zero-order valence-electron chi connectivity index (χ0n) is 20.9. The number of aromatic nitrogens is 6. The summed E-state index contributed by atoms with van der Waals surface area (Å²) >= 11 is 0. The number of amides is 1. The number of halogens is 1. The van der Waals surface area contributed by atoms with Crippen molar-refractivity contribution in [2.75, 3.05) is 5.32 Å². The van der Waals surface area contributed by atoms with Crippen LogP contribution in [0.2, 0.25) is 0 Å². The number of pyridine rings is 2. The van der Waals surface area contributed by atoms with Gasteiger partial charge in [0.25, 0.3) is 5.91 Å². The standard InChI is InChI=1S/C31H20FN7O/c32-21-11-9-18(10-12-21)23-7-4-8-25-28(23)37-30(36-25)29-24-14-26(34-17-27(24)38-39-29)20-13-22(16-33-15-20)35-31(40)19-5-2-1-3-6-19/h1-17H,(H,35,40)(H,36,37)(H,38,39). The summed E-state index contributed by atoms with van der Waals surface area (Å²) in [7, 11) is 0. The molecule has 3 N–H and O–H groups in total. The molecule has 0 saturated carbocycles. The number of imidazole rings is 1. The Bertz CT molecular complexity index is 2010. The molecule has 0 unspecified atom stereocenters. The molecular weight excluding hydrogens is 505 g/mol. The minimum atomic E-state index is -0.287. The molecule has 4 heterocycles. The van der Waals surface area contributed by atoms with Gasteiger partial charge in [0.15, 0.2) is 5.82 Å². The second kappa shape index (κ2) is 9.55. The van der Waals surface area contributed by atoms with Crippen molar-refractivity contribution in [2.24, 2.45) is 0 Å². The van der Waals surface area contributed by atoms with Gasteiger partial charge in [-0.15, -0.1) is 0 Å². The zero-order chi connectivity index (χ0) is 27.1. The quantitative estimate of drug-likeness (QED) is 0.234. The summed E-state index contributed by atoms with van der Waals surface area (Å²) in [5.41, 5.74) is 7.28. The maximum Gasteiger partial charge on any atom is 0.255 e. The van der Waals surface area contributed by atoms with Crippen molar-refractivity contribution < 1.29 is 9.18 Å². The third kappa shape index (κ3) is 4.25. The molecule has 40 heavy (non-hydrogen) atoms. The Labute approximate surface area is 227 Å². The summed E-state index contributed by atoms with van der Waals surface area (Å²) in [6.45, 7) is 0. The third-order valence-electron chi connectivity index (χ3n) is 6.67. The average molecular weight is 526 g/mol. The van der Waals surface area contributed by atoms with Crippen molar-refractivity contribution in [1.82, 2.24) is 30.1 Å². The van der Waals surface area contributed by atoms with Gasteiger partial charge in [-0.05, 0) is 48.0 Å². The largest absolute Gasteiger partial charge is 0.337 e. The van der Waals surface area contributed by atoms with Crippen LogP contribution in [0.1, 0.15) is 10.4 Å². The van der Waals surface area contributed by atoms with E-state index < -0.39 is 0 Å². The Kier molecular flexibility index (Phi) is 5.59. The SMILES string of the molecule is O=C(Nc1cncc(-c2cc3c(-c4nc5c(-c6ccc(F)cc6)cccc5[nH]4)n[nH]c3cn2)c1)c1ccccc1. The van der Waals surface area contributed by atoms with E-state index in [0.29, 0.717) is 28.5 Å². The molecule has 3 aromatic carbocycles. The number of benzene rings is 3. The highest BCUT2D eigenvalue weighted by Crippen LogP contribution is 2.32. The fourth-order valence-corrected chi connectivity index (χ4v) is 4.70. The average Bonchev–Trinajstić information content (AvgIpc) is 3.62. The summed E-state index contributed by atoms with van der Waals surface area (Å²) in [5, 5.41) is 11.3. The van der Waals surface area contributed by atoms with Gasteiger partial charge in [-0.25, -0.2) is 9.37 Å². The molecule has 0 saturated heterocycles. The molecule has 0 radical (unpaired) electrons. The second-order valence-electron chi connectivity index (χ2n) is 9.26. The van der Waals surface area contributed by atoms with E-state index in [0.717, 1.165) is 38.6 Å². The lowest BCUT2D eigenvalue weighted by Crippen LogP contribution is -2.11. The molecule has 4 aromatic heterocycles. The van der Waals surface area contributed by atoms with Crippen molar-refractivity contribution in [3.05, 3.63) is 115 Å². The molecule has 0 aliphatic carbocycles. The van der Waals surface area contributed by atoms with Gasteiger partial charge in [-0.1, -0.05) is 42.5 Å². The molecule has 0 bridgehead atoms. The van der Waals surface area contributed by atoms with Crippen LogP contribution in [-0.4, -0.2) is 36.0 Å². The van der Waals surface area contributed by atoms with E-state index in [9.17, 15) is 9.18 Å². The Morgan fingerprint density at radius 2 is 1.68 bits per heavy atom. The predicted octanol–water partition coefficient (Wildman–Crippen LogP) is 6.62. The van der Waals surface area contributed by atoms with Crippen LogP contribution in [0.3, 0.4) is 0 Å². The number of rotatable bonds is 5. The summed E-state index contributed by atoms with van der Waals surface area (Å²) < 4.78 is 13.5. The van der Waals surface area contributed by atoms with E-state index in [-0.39, 0.29) is 11.7 Å². The summed E-state index contributed by atoms with van der Waals surface area (Å²) in [6.07, 6.45) is 5.00. The molecule has 0 atom stereocenters. The number of nitrogens with zero attached hydrogens (tertiary/aromatic N) is 4. The highest BCUT2D eigenvalue weighted by molar-refractivity contribution is 6.04. The maximum absolute atomic E-state index is 13.5. The summed E-state index contributed by atoms with van der Waals surface area (Å²) in [4.78, 5) is 29.7. The van der Waals surface area contributed by atoms with Gasteiger partial charge in [0.1, 0.15) is 11.5 Å². The van der Waals surface area contributed by atoms with Crippen molar-refractivity contribution in [3.63, 3.8) is 0 Å². The molecule has 0 aliphatic rings. The van der Waals surface area contributed by atoms with E-state index in [4.69, 9.17) is 4.98 Å². The first-order valence-electron chi connectivity index (χ1n) is 12.5. The van der Waals surface area contributed by atoms with Gasteiger partial charge in [0.2, 0.25) is 0 Å². The van der Waals surface area contributed by atoms with Crippen LogP contribution in [0.5, 0.6) is 0 Å². The van der Waals surface area contributed by atoms with Crippen LogP contribution >= 0.6 is 0 Å². The summed E-state index contributed by atoms with van der Waals surface area (Å²) in [6, 6.07) is 25.0. The zero-order valence-corrected chi connectivity index (χ0v) is 20.9. The van der Waals surface area contributed by atoms with E-state index in [1.54, 1.807) is 42.9 Å². The number of para-hydroxylation sites is 1. The smallest absolute Gasteiger partial charge is 0.255 e. The highest BCUT2D eigenvalue weighted by Gasteiger charge is 2.17. The third-order valence-corrected chi connectivity index (χ3v) is 6.67. The molecule has 0 aliphatic heterocycles. The number of aromatic amines is 2. The molecule has 192 valence electrons. The Morgan fingerprint density at radius 1 is 0.825 bits per heavy atom. The van der Waals surface area contributed by atoms with E-state index in [2.05, 4.69) is 30.5 Å².